The standard InChI is InChI=1S/C68H105ClF5N13O13/c1-15-42(4)57-65(98)80(8)36-55(90)78(6)37-56(91)82(10)51(33-44-22-18-16-19-23-44)63(96)79(7)35-53(88)75-48(27-25-45-24-26-46(47(69)32-45)68(72,73)74)61(94)83(11)50(28-31-86-39-67(70,71)40-86)60(93)76-49(38-100-14)62(95)85(13)58(41(2)3)66(99)84(12)52(64(97)87-29-20-17-21-30-87)34-54(89)81(9)43(5)59(92)77-57/h24,26,32,41-44,48-52,57-58H,15-23,25,27-31,33-40H2,1-14H3,(H,75,88)(H,76,93)(H,77,92)/t42-,43-,48-,49-,50-,51-,52-,57-,58-/m0/s1. The molecule has 12 amide bonds. The summed E-state index contributed by atoms with van der Waals surface area (Å²) in [5.41, 5.74) is -0.946. The van der Waals surface area contributed by atoms with E-state index < -0.39 is 199 Å². The van der Waals surface area contributed by atoms with E-state index in [9.17, 15) is 60.3 Å². The fraction of sp³-hybridized carbons (Fsp3) is 0.735. The van der Waals surface area contributed by atoms with Crippen LogP contribution in [0.3, 0.4) is 0 Å². The fourth-order valence-corrected chi connectivity index (χ4v) is 13.6. The molecule has 562 valence electrons. The molecule has 26 nitrogen and oxygen atoms in total. The number of aryl methyl sites for hydroxylation is 1. The van der Waals surface area contributed by atoms with Crippen molar-refractivity contribution in [3.63, 3.8) is 0 Å². The molecule has 0 aromatic heterocycles. The van der Waals surface area contributed by atoms with E-state index in [-0.39, 0.29) is 43.7 Å². The second-order valence-corrected chi connectivity index (χ2v) is 28.4. The van der Waals surface area contributed by atoms with Crippen LogP contribution in [0.1, 0.15) is 129 Å². The van der Waals surface area contributed by atoms with Gasteiger partial charge >= 0.3 is 6.18 Å². The van der Waals surface area contributed by atoms with Gasteiger partial charge in [0.05, 0.1) is 56.3 Å². The number of ether oxygens (including phenoxy) is 1. The van der Waals surface area contributed by atoms with Gasteiger partial charge in [-0.15, -0.1) is 0 Å². The zero-order chi connectivity index (χ0) is 75.0. The molecule has 1 aliphatic carbocycles. The molecule has 3 saturated heterocycles. The Balaban J connectivity index is 1.63. The Morgan fingerprint density at radius 2 is 1.24 bits per heavy atom. The number of alkyl halides is 5. The summed E-state index contributed by atoms with van der Waals surface area (Å²) in [7, 11) is 11.7. The van der Waals surface area contributed by atoms with Crippen LogP contribution in [0.15, 0.2) is 18.2 Å². The minimum atomic E-state index is -4.82. The van der Waals surface area contributed by atoms with Crippen LogP contribution in [-0.2, 0) is 74.9 Å². The predicted octanol–water partition coefficient (Wildman–Crippen LogP) is 3.35. The fourth-order valence-electron chi connectivity index (χ4n) is 13.3. The van der Waals surface area contributed by atoms with Gasteiger partial charge in [-0.1, -0.05) is 83.9 Å². The third-order valence-corrected chi connectivity index (χ3v) is 20.3. The monoisotopic (exact) mass is 1440 g/mol. The lowest BCUT2D eigenvalue weighted by atomic mass is 9.84. The number of carbonyl (C=O) groups is 12. The number of rotatable bonds is 14. The van der Waals surface area contributed by atoms with Crippen LogP contribution in [0.25, 0.3) is 0 Å². The van der Waals surface area contributed by atoms with Crippen molar-refractivity contribution < 1.29 is 84.2 Å². The lowest BCUT2D eigenvalue weighted by Gasteiger charge is -2.40. The van der Waals surface area contributed by atoms with Crippen LogP contribution in [0.5, 0.6) is 0 Å². The maximum atomic E-state index is 15.2. The predicted molar refractivity (Wildman–Crippen MR) is 360 cm³/mol. The largest absolute Gasteiger partial charge is 0.417 e. The summed E-state index contributed by atoms with van der Waals surface area (Å²) in [4.78, 5) is 187. The number of halogens is 6. The highest BCUT2D eigenvalue weighted by atomic mass is 35.5. The van der Waals surface area contributed by atoms with Crippen LogP contribution in [0, 0.1) is 17.8 Å². The number of nitrogens with zero attached hydrogens (tertiary/aromatic N) is 10. The maximum Gasteiger partial charge on any atom is 0.417 e. The summed E-state index contributed by atoms with van der Waals surface area (Å²) in [6.45, 7) is 4.76. The number of piperidine rings is 1. The summed E-state index contributed by atoms with van der Waals surface area (Å²) in [6.07, 6.45) is 0.330. The molecule has 0 spiro atoms. The van der Waals surface area contributed by atoms with Gasteiger partial charge in [0.25, 0.3) is 5.92 Å². The third-order valence-electron chi connectivity index (χ3n) is 20.0. The molecule has 1 saturated carbocycles. The van der Waals surface area contributed by atoms with Crippen LogP contribution in [-0.4, -0.2) is 297 Å². The zero-order valence-corrected chi connectivity index (χ0v) is 61.1. The summed E-state index contributed by atoms with van der Waals surface area (Å²) in [5.74, 6) is -13.9. The van der Waals surface area contributed by atoms with Gasteiger partial charge in [-0.3, -0.25) is 62.4 Å². The second-order valence-electron chi connectivity index (χ2n) is 28.0. The Morgan fingerprint density at radius 3 is 1.81 bits per heavy atom. The van der Waals surface area contributed by atoms with E-state index in [1.165, 1.54) is 85.1 Å². The first-order chi connectivity index (χ1) is 46.7. The van der Waals surface area contributed by atoms with Crippen molar-refractivity contribution in [2.24, 2.45) is 17.8 Å². The summed E-state index contributed by atoms with van der Waals surface area (Å²) in [5, 5.41) is 7.36. The van der Waals surface area contributed by atoms with E-state index in [0.717, 1.165) is 91.0 Å². The maximum absolute atomic E-state index is 15.2. The van der Waals surface area contributed by atoms with Gasteiger partial charge < -0.3 is 64.8 Å². The van der Waals surface area contributed by atoms with E-state index >= 15 is 19.2 Å². The van der Waals surface area contributed by atoms with E-state index in [4.69, 9.17) is 16.3 Å². The molecule has 3 aliphatic heterocycles. The molecule has 0 unspecified atom stereocenters. The Hall–Kier alpha value is -7.28. The average Bonchev–Trinajstić information content (AvgIpc) is 0.809. The van der Waals surface area contributed by atoms with E-state index in [2.05, 4.69) is 16.0 Å². The number of hydrogen-bond acceptors (Lipinski definition) is 14. The van der Waals surface area contributed by atoms with Crippen LogP contribution < -0.4 is 16.0 Å². The molecular formula is C68H105ClF5N13O13. The molecule has 1 aromatic carbocycles. The van der Waals surface area contributed by atoms with Crippen molar-refractivity contribution in [1.82, 2.24) is 64.9 Å². The van der Waals surface area contributed by atoms with Crippen LogP contribution >= 0.6 is 11.6 Å². The molecule has 4 fully saturated rings. The minimum Gasteiger partial charge on any atom is -0.382 e. The highest BCUT2D eigenvalue weighted by Gasteiger charge is 2.47. The Kier molecular flexibility index (Phi) is 30.9. The van der Waals surface area contributed by atoms with E-state index in [1.807, 2.05) is 0 Å². The SMILES string of the molecule is CC[C@H](C)[C@@H]1NC(=O)[C@H](C)N(C)C(=O)C[C@@H](C(=O)N2CCCCC2)N(C)C(=O)[C@H](C(C)C)N(C)C(=O)[C@H](COC)NC(=O)[C@H](CCN2CC(F)(F)C2)N(C)C(=O)[C@H](CCc2ccc(C(F)(F)F)c(Cl)c2)NC(=O)CN(C)C(=O)[C@H](CC2CCCCC2)N(C)C(=O)CN(C)C(=O)CN(C)C1=O. The summed E-state index contributed by atoms with van der Waals surface area (Å²) < 4.78 is 75.7. The quantitative estimate of drug-likeness (QED) is 0.226. The molecule has 5 rings (SSSR count). The Labute approximate surface area is 588 Å². The number of carbonyl (C=O) groups excluding carboxylic acids is 12. The van der Waals surface area contributed by atoms with E-state index in [1.54, 1.807) is 27.7 Å². The smallest absolute Gasteiger partial charge is 0.382 e. The Bertz CT molecular complexity index is 3080. The van der Waals surface area contributed by atoms with Gasteiger partial charge in [-0.05, 0) is 87.3 Å². The molecular weight excluding hydrogens is 1340 g/mol. The summed E-state index contributed by atoms with van der Waals surface area (Å²) in [6, 6.07) is -8.61. The number of likely N-dealkylation sites (N-methyl/N-ethyl adjacent to an activating group) is 8. The first-order valence-electron chi connectivity index (χ1n) is 34.4. The number of amides is 12. The molecule has 9 atom stereocenters. The van der Waals surface area contributed by atoms with Crippen molar-refractivity contribution in [2.75, 3.05) is 122 Å². The van der Waals surface area contributed by atoms with Gasteiger partial charge in [0.2, 0.25) is 70.9 Å². The van der Waals surface area contributed by atoms with E-state index in [0.29, 0.717) is 32.4 Å². The second kappa shape index (κ2) is 37.1. The molecule has 4 aliphatic rings. The van der Waals surface area contributed by atoms with Crippen LogP contribution in [0.4, 0.5) is 22.0 Å². The topological polar surface area (TPSA) is 283 Å². The lowest BCUT2D eigenvalue weighted by Crippen LogP contribution is -2.62. The number of likely N-dealkylation sites (tertiary alicyclic amines) is 2. The normalized spacial score (nSPS) is 26.2. The molecule has 1 aromatic rings. The molecule has 3 heterocycles. The highest BCUT2D eigenvalue weighted by molar-refractivity contribution is 6.31. The average molecular weight is 1440 g/mol. The Morgan fingerprint density at radius 1 is 0.650 bits per heavy atom. The minimum absolute atomic E-state index is 0.0360. The lowest BCUT2D eigenvalue weighted by molar-refractivity contribution is -0.155. The molecule has 32 heteroatoms. The molecule has 0 radical (unpaired) electrons. The van der Waals surface area contributed by atoms with Gasteiger partial charge in [-0.2, -0.15) is 13.2 Å². The third kappa shape index (κ3) is 22.4. The number of hydrogen-bond donors (Lipinski definition) is 3. The van der Waals surface area contributed by atoms with Gasteiger partial charge in [0.15, 0.2) is 0 Å². The molecule has 3 N–H and O–H groups in total. The van der Waals surface area contributed by atoms with Gasteiger partial charge in [0.1, 0.15) is 48.3 Å². The van der Waals surface area contributed by atoms with Crippen molar-refractivity contribution in [3.05, 3.63) is 34.3 Å². The van der Waals surface area contributed by atoms with Crippen LogP contribution in [0.2, 0.25) is 5.02 Å². The van der Waals surface area contributed by atoms with Gasteiger partial charge in [-0.25, -0.2) is 8.78 Å². The first-order valence-corrected chi connectivity index (χ1v) is 34.8. The highest BCUT2D eigenvalue weighted by Crippen LogP contribution is 2.36. The number of benzene rings is 1. The van der Waals surface area contributed by atoms with Crippen molar-refractivity contribution >= 4 is 82.5 Å². The molecule has 0 bridgehead atoms. The van der Waals surface area contributed by atoms with Gasteiger partial charge in [0, 0.05) is 83.1 Å². The number of methoxy groups -OCH3 is 1. The molecule has 100 heavy (non-hydrogen) atoms. The van der Waals surface area contributed by atoms with Crippen molar-refractivity contribution in [2.45, 2.75) is 185 Å². The van der Waals surface area contributed by atoms with Crippen molar-refractivity contribution in [3.8, 4) is 0 Å². The number of nitrogens with one attached hydrogen (secondary N) is 3. The zero-order valence-electron chi connectivity index (χ0n) is 60.4. The van der Waals surface area contributed by atoms with Crippen molar-refractivity contribution in [1.29, 1.82) is 0 Å². The first kappa shape index (κ1) is 83.4. The summed E-state index contributed by atoms with van der Waals surface area (Å²) >= 11 is 6.12.